The van der Waals surface area contributed by atoms with Crippen molar-refractivity contribution in [2.45, 2.75) is 59.2 Å². The largest absolute Gasteiger partial charge is 0.478 e. The Kier molecular flexibility index (Phi) is 5.06. The van der Waals surface area contributed by atoms with Crippen molar-refractivity contribution in [3.8, 4) is 0 Å². The van der Waals surface area contributed by atoms with E-state index in [1.165, 1.54) is 12.1 Å². The molecule has 3 rings (SSSR count). The molecular weight excluding hydrogens is 356 g/mol. The Morgan fingerprint density at radius 3 is 2.32 bits per heavy atom. The van der Waals surface area contributed by atoms with Crippen LogP contribution in [0.1, 0.15) is 75.0 Å². The second kappa shape index (κ2) is 7.06. The van der Waals surface area contributed by atoms with Gasteiger partial charge < -0.3 is 14.3 Å². The molecule has 5 heteroatoms. The minimum Gasteiger partial charge on any atom is -0.478 e. The van der Waals surface area contributed by atoms with Crippen LogP contribution >= 0.6 is 0 Å². The topological polar surface area (TPSA) is 76.7 Å². The molecule has 0 aliphatic rings. The number of hydrogen-bond acceptors (Lipinski definition) is 4. The molecule has 1 heterocycles. The smallest absolute Gasteiger partial charge is 0.335 e. The van der Waals surface area contributed by atoms with Crippen LogP contribution in [0.25, 0.3) is 21.9 Å². The lowest BCUT2D eigenvalue weighted by Gasteiger charge is -2.26. The lowest BCUT2D eigenvalue weighted by atomic mass is 9.94. The van der Waals surface area contributed by atoms with Crippen molar-refractivity contribution in [2.75, 3.05) is 0 Å². The number of benzene rings is 2. The summed E-state index contributed by atoms with van der Waals surface area (Å²) < 4.78 is 12.1. The van der Waals surface area contributed by atoms with Gasteiger partial charge in [-0.05, 0) is 75.1 Å². The molecule has 1 N–H and O–H groups in total. The Hall–Kier alpha value is -2.66. The summed E-state index contributed by atoms with van der Waals surface area (Å²) in [5.41, 5.74) is 2.26. The van der Waals surface area contributed by atoms with Gasteiger partial charge in [-0.2, -0.15) is 0 Å². The molecule has 0 amide bonds. The van der Waals surface area contributed by atoms with Gasteiger partial charge in [-0.15, -0.1) is 0 Å². The van der Waals surface area contributed by atoms with Gasteiger partial charge >= 0.3 is 5.97 Å². The summed E-state index contributed by atoms with van der Waals surface area (Å²) in [6.07, 6.45) is -0.206. The first kappa shape index (κ1) is 20.1. The number of carbonyl (C=O) groups is 1. The van der Waals surface area contributed by atoms with E-state index in [4.69, 9.17) is 9.15 Å². The van der Waals surface area contributed by atoms with E-state index in [1.54, 1.807) is 12.1 Å². The predicted octanol–water partition coefficient (Wildman–Crippen LogP) is 5.64. The highest BCUT2D eigenvalue weighted by Gasteiger charge is 2.21. The molecule has 148 valence electrons. The van der Waals surface area contributed by atoms with Crippen molar-refractivity contribution in [3.05, 3.63) is 57.2 Å². The minimum atomic E-state index is -1.08. The van der Waals surface area contributed by atoms with Crippen LogP contribution in [0.3, 0.4) is 0 Å². The summed E-state index contributed by atoms with van der Waals surface area (Å²) in [5.74, 6) is -0.937. The quantitative estimate of drug-likeness (QED) is 0.591. The molecular formula is C23H26O5. The number of carboxylic acid groups (broad SMARTS) is 1. The molecule has 0 spiro atoms. The highest BCUT2D eigenvalue weighted by Crippen LogP contribution is 2.32. The van der Waals surface area contributed by atoms with E-state index in [1.807, 2.05) is 47.6 Å². The number of carboxylic acids is 1. The van der Waals surface area contributed by atoms with Gasteiger partial charge in [-0.25, -0.2) is 4.79 Å². The summed E-state index contributed by atoms with van der Waals surface area (Å²) in [6.45, 7) is 12.0. The van der Waals surface area contributed by atoms with Gasteiger partial charge in [0, 0.05) is 0 Å². The van der Waals surface area contributed by atoms with Crippen molar-refractivity contribution in [3.63, 3.8) is 0 Å². The van der Waals surface area contributed by atoms with Crippen LogP contribution < -0.4 is 5.43 Å². The zero-order valence-corrected chi connectivity index (χ0v) is 17.1. The van der Waals surface area contributed by atoms with Gasteiger partial charge in [0.15, 0.2) is 0 Å². The molecule has 0 saturated heterocycles. The van der Waals surface area contributed by atoms with E-state index in [9.17, 15) is 14.7 Å². The van der Waals surface area contributed by atoms with E-state index in [2.05, 4.69) is 0 Å². The van der Waals surface area contributed by atoms with Crippen molar-refractivity contribution >= 4 is 27.9 Å². The van der Waals surface area contributed by atoms with E-state index in [0.717, 1.165) is 11.1 Å². The standard InChI is InChI=1S/C23H26O5/c1-12(2)16-10-15(13(3)28-23(4,5)6)11-18-20(24)17-9-14(22(25)26)7-8-19(17)27-21(16)18/h7-13H,1-6H3,(H,25,26). The van der Waals surface area contributed by atoms with Gasteiger partial charge in [0.05, 0.1) is 28.0 Å². The normalized spacial score (nSPS) is 13.4. The fourth-order valence-electron chi connectivity index (χ4n) is 3.40. The first-order chi connectivity index (χ1) is 13.0. The third-order valence-corrected chi connectivity index (χ3v) is 4.69. The fourth-order valence-corrected chi connectivity index (χ4v) is 3.40. The number of aromatic carboxylic acids is 1. The second-order valence-corrected chi connectivity index (χ2v) is 8.46. The van der Waals surface area contributed by atoms with Crippen LogP contribution in [0.4, 0.5) is 0 Å². The average molecular weight is 382 g/mol. The Morgan fingerprint density at radius 2 is 1.75 bits per heavy atom. The molecule has 1 unspecified atom stereocenters. The molecule has 0 aliphatic heterocycles. The van der Waals surface area contributed by atoms with E-state index >= 15 is 0 Å². The maximum absolute atomic E-state index is 13.2. The molecule has 28 heavy (non-hydrogen) atoms. The third-order valence-electron chi connectivity index (χ3n) is 4.69. The first-order valence-electron chi connectivity index (χ1n) is 9.43. The molecule has 5 nitrogen and oxygen atoms in total. The number of hydrogen-bond donors (Lipinski definition) is 1. The summed E-state index contributed by atoms with van der Waals surface area (Å²) in [4.78, 5) is 24.5. The van der Waals surface area contributed by atoms with Crippen molar-refractivity contribution in [1.29, 1.82) is 0 Å². The lowest BCUT2D eigenvalue weighted by Crippen LogP contribution is -2.21. The number of fused-ring (bicyclic) bond motifs is 2. The van der Waals surface area contributed by atoms with Crippen LogP contribution in [0, 0.1) is 0 Å². The fraction of sp³-hybridized carbons (Fsp3) is 0.391. The summed E-state index contributed by atoms with van der Waals surface area (Å²) in [6, 6.07) is 8.20. The molecule has 0 radical (unpaired) electrons. The van der Waals surface area contributed by atoms with Gasteiger partial charge in [-0.3, -0.25) is 4.79 Å². The number of ether oxygens (including phenoxy) is 1. The van der Waals surface area contributed by atoms with Crippen LogP contribution in [0.2, 0.25) is 0 Å². The van der Waals surface area contributed by atoms with Crippen LogP contribution in [0.15, 0.2) is 39.5 Å². The van der Waals surface area contributed by atoms with Crippen molar-refractivity contribution in [1.82, 2.24) is 0 Å². The van der Waals surface area contributed by atoms with Gasteiger partial charge in [0.2, 0.25) is 5.43 Å². The lowest BCUT2D eigenvalue weighted by molar-refractivity contribution is -0.0529. The molecule has 0 saturated carbocycles. The monoisotopic (exact) mass is 382 g/mol. The summed E-state index contributed by atoms with van der Waals surface area (Å²) >= 11 is 0. The zero-order chi connectivity index (χ0) is 20.8. The highest BCUT2D eigenvalue weighted by molar-refractivity contribution is 5.96. The second-order valence-electron chi connectivity index (χ2n) is 8.46. The third kappa shape index (κ3) is 3.80. The van der Waals surface area contributed by atoms with Crippen molar-refractivity contribution in [2.24, 2.45) is 0 Å². The Balaban J connectivity index is 2.32. The molecule has 1 atom stereocenters. The number of rotatable bonds is 4. The Morgan fingerprint density at radius 1 is 1.07 bits per heavy atom. The molecule has 0 fully saturated rings. The average Bonchev–Trinajstić information content (AvgIpc) is 2.59. The van der Waals surface area contributed by atoms with E-state index in [0.29, 0.717) is 16.6 Å². The maximum Gasteiger partial charge on any atom is 0.335 e. The molecule has 0 bridgehead atoms. The zero-order valence-electron chi connectivity index (χ0n) is 17.1. The maximum atomic E-state index is 13.2. The van der Waals surface area contributed by atoms with Crippen LogP contribution in [-0.4, -0.2) is 16.7 Å². The highest BCUT2D eigenvalue weighted by atomic mass is 16.5. The molecule has 2 aromatic carbocycles. The van der Waals surface area contributed by atoms with Gasteiger partial charge in [-0.1, -0.05) is 13.8 Å². The van der Waals surface area contributed by atoms with Gasteiger partial charge in [0.1, 0.15) is 11.2 Å². The summed E-state index contributed by atoms with van der Waals surface area (Å²) in [7, 11) is 0. The SMILES string of the molecule is CC(C)c1cc(C(C)OC(C)(C)C)cc2c(=O)c3cc(C(=O)O)ccc3oc12. The summed E-state index contributed by atoms with van der Waals surface area (Å²) in [5, 5.41) is 9.95. The van der Waals surface area contributed by atoms with Crippen LogP contribution in [0.5, 0.6) is 0 Å². The first-order valence-corrected chi connectivity index (χ1v) is 9.43. The van der Waals surface area contributed by atoms with Gasteiger partial charge in [0.25, 0.3) is 0 Å². The Bertz CT molecular complexity index is 1120. The van der Waals surface area contributed by atoms with Crippen LogP contribution in [-0.2, 0) is 4.74 Å². The van der Waals surface area contributed by atoms with E-state index in [-0.39, 0.29) is 34.0 Å². The van der Waals surface area contributed by atoms with E-state index < -0.39 is 5.97 Å². The minimum absolute atomic E-state index is 0.0591. The molecule has 1 aromatic heterocycles. The van der Waals surface area contributed by atoms with Crippen molar-refractivity contribution < 1.29 is 19.1 Å². The molecule has 3 aromatic rings. The molecule has 0 aliphatic carbocycles. The predicted molar refractivity (Wildman–Crippen MR) is 110 cm³/mol. The Labute approximate surface area is 163 Å².